The molecule has 1 atom stereocenters. The zero-order valence-electron chi connectivity index (χ0n) is 12.9. The van der Waals surface area contributed by atoms with Gasteiger partial charge in [-0.05, 0) is 23.8 Å². The van der Waals surface area contributed by atoms with Crippen LogP contribution in [0.1, 0.15) is 33.8 Å². The highest BCUT2D eigenvalue weighted by molar-refractivity contribution is 6.09. The van der Waals surface area contributed by atoms with Crippen molar-refractivity contribution in [3.63, 3.8) is 0 Å². The van der Waals surface area contributed by atoms with Gasteiger partial charge in [0.1, 0.15) is 5.75 Å². The van der Waals surface area contributed by atoms with Crippen LogP contribution >= 0.6 is 0 Å². The van der Waals surface area contributed by atoms with Crippen LogP contribution in [0, 0.1) is 0 Å². The molecule has 1 unspecified atom stereocenters. The van der Waals surface area contributed by atoms with Gasteiger partial charge in [0.2, 0.25) is 0 Å². The molecule has 0 aliphatic carbocycles. The fourth-order valence-corrected chi connectivity index (χ4v) is 2.35. The van der Waals surface area contributed by atoms with Crippen molar-refractivity contribution in [1.82, 2.24) is 0 Å². The molecule has 2 aromatic rings. The molecule has 0 aromatic heterocycles. The van der Waals surface area contributed by atoms with E-state index in [1.807, 2.05) is 0 Å². The molecule has 6 nitrogen and oxygen atoms in total. The van der Waals surface area contributed by atoms with Gasteiger partial charge in [0.15, 0.2) is 5.78 Å². The SMILES string of the molecule is COc1cccc(C(=O)c2cccc(C(CC(=O)O)C(=O)O)c2)c1. The summed E-state index contributed by atoms with van der Waals surface area (Å²) < 4.78 is 5.08. The third-order valence-electron chi connectivity index (χ3n) is 3.56. The smallest absolute Gasteiger partial charge is 0.311 e. The van der Waals surface area contributed by atoms with E-state index in [1.54, 1.807) is 36.4 Å². The summed E-state index contributed by atoms with van der Waals surface area (Å²) in [5, 5.41) is 18.1. The Morgan fingerprint density at radius 3 is 2.21 bits per heavy atom. The molecule has 0 bridgehead atoms. The van der Waals surface area contributed by atoms with Crippen LogP contribution in [0.25, 0.3) is 0 Å². The number of carboxylic acids is 2. The van der Waals surface area contributed by atoms with Crippen LogP contribution in [0.2, 0.25) is 0 Å². The number of carbonyl (C=O) groups excluding carboxylic acids is 1. The van der Waals surface area contributed by atoms with Crippen LogP contribution in [-0.2, 0) is 9.59 Å². The first-order valence-corrected chi connectivity index (χ1v) is 7.15. The van der Waals surface area contributed by atoms with Crippen LogP contribution in [-0.4, -0.2) is 35.0 Å². The maximum atomic E-state index is 12.6. The molecule has 0 saturated carbocycles. The third-order valence-corrected chi connectivity index (χ3v) is 3.56. The summed E-state index contributed by atoms with van der Waals surface area (Å²) in [6.07, 6.45) is -0.549. The lowest BCUT2D eigenvalue weighted by Crippen LogP contribution is -2.16. The fraction of sp³-hybridized carbons (Fsp3) is 0.167. The summed E-state index contributed by atoms with van der Waals surface area (Å²) in [6.45, 7) is 0. The number of ether oxygens (including phenoxy) is 1. The summed E-state index contributed by atoms with van der Waals surface area (Å²) in [7, 11) is 1.49. The van der Waals surface area contributed by atoms with Gasteiger partial charge < -0.3 is 14.9 Å². The van der Waals surface area contributed by atoms with E-state index in [0.717, 1.165) is 0 Å². The number of hydrogen-bond donors (Lipinski definition) is 2. The van der Waals surface area contributed by atoms with Gasteiger partial charge in [-0.15, -0.1) is 0 Å². The van der Waals surface area contributed by atoms with Gasteiger partial charge in [-0.25, -0.2) is 0 Å². The number of carboxylic acid groups (broad SMARTS) is 2. The van der Waals surface area contributed by atoms with E-state index in [1.165, 1.54) is 19.2 Å². The summed E-state index contributed by atoms with van der Waals surface area (Å²) in [4.78, 5) is 34.7. The molecule has 0 aliphatic heterocycles. The number of ketones is 1. The molecular formula is C18H16O6. The van der Waals surface area contributed by atoms with E-state index < -0.39 is 24.3 Å². The number of benzene rings is 2. The molecule has 0 heterocycles. The van der Waals surface area contributed by atoms with Gasteiger partial charge in [0, 0.05) is 11.1 Å². The minimum atomic E-state index is -1.25. The van der Waals surface area contributed by atoms with Crippen LogP contribution in [0.15, 0.2) is 48.5 Å². The molecule has 2 aromatic carbocycles. The highest BCUT2D eigenvalue weighted by Gasteiger charge is 2.24. The van der Waals surface area contributed by atoms with Crippen molar-refractivity contribution in [1.29, 1.82) is 0 Å². The number of aliphatic carboxylic acids is 2. The van der Waals surface area contributed by atoms with Gasteiger partial charge >= 0.3 is 11.9 Å². The maximum Gasteiger partial charge on any atom is 0.311 e. The Labute approximate surface area is 138 Å². The summed E-state index contributed by atoms with van der Waals surface area (Å²) >= 11 is 0. The van der Waals surface area contributed by atoms with E-state index in [-0.39, 0.29) is 16.9 Å². The molecule has 0 amide bonds. The number of hydrogen-bond acceptors (Lipinski definition) is 4. The minimum Gasteiger partial charge on any atom is -0.497 e. The van der Waals surface area contributed by atoms with E-state index in [9.17, 15) is 19.5 Å². The Morgan fingerprint density at radius 1 is 1.00 bits per heavy atom. The van der Waals surface area contributed by atoms with Gasteiger partial charge in [-0.1, -0.05) is 30.3 Å². The second-order valence-corrected chi connectivity index (χ2v) is 5.18. The first-order chi connectivity index (χ1) is 11.4. The number of rotatable bonds is 7. The Hall–Kier alpha value is -3.15. The Balaban J connectivity index is 2.36. The average Bonchev–Trinajstić information content (AvgIpc) is 2.58. The topological polar surface area (TPSA) is 101 Å². The molecule has 0 aliphatic rings. The Kier molecular flexibility index (Phi) is 5.31. The predicted molar refractivity (Wildman–Crippen MR) is 85.5 cm³/mol. The zero-order chi connectivity index (χ0) is 17.7. The standard InChI is InChI=1S/C18H16O6/c1-24-14-7-3-6-13(9-14)17(21)12-5-2-4-11(8-12)15(18(22)23)10-16(19)20/h2-9,15H,10H2,1H3,(H,19,20)(H,22,23). The van der Waals surface area contributed by atoms with Crippen molar-refractivity contribution in [2.75, 3.05) is 7.11 Å². The van der Waals surface area contributed by atoms with Gasteiger partial charge in [0.05, 0.1) is 19.4 Å². The van der Waals surface area contributed by atoms with Crippen molar-refractivity contribution in [3.8, 4) is 5.75 Å². The molecule has 0 spiro atoms. The lowest BCUT2D eigenvalue weighted by Gasteiger charge is -2.12. The average molecular weight is 328 g/mol. The second kappa shape index (κ2) is 7.41. The summed E-state index contributed by atoms with van der Waals surface area (Å²) in [5.41, 5.74) is 0.965. The second-order valence-electron chi connectivity index (χ2n) is 5.18. The first-order valence-electron chi connectivity index (χ1n) is 7.15. The molecule has 0 saturated heterocycles. The van der Waals surface area contributed by atoms with Gasteiger partial charge in [0.25, 0.3) is 0 Å². The van der Waals surface area contributed by atoms with Crippen molar-refractivity contribution in [2.24, 2.45) is 0 Å². The third kappa shape index (κ3) is 3.98. The predicted octanol–water partition coefficient (Wildman–Crippen LogP) is 2.57. The van der Waals surface area contributed by atoms with Crippen LogP contribution in [0.4, 0.5) is 0 Å². The van der Waals surface area contributed by atoms with Crippen LogP contribution in [0.5, 0.6) is 5.75 Å². The first kappa shape index (κ1) is 17.2. The van der Waals surface area contributed by atoms with E-state index in [2.05, 4.69) is 0 Å². The zero-order valence-corrected chi connectivity index (χ0v) is 12.9. The monoisotopic (exact) mass is 328 g/mol. The van der Waals surface area contributed by atoms with Crippen molar-refractivity contribution in [3.05, 3.63) is 65.2 Å². The minimum absolute atomic E-state index is 0.277. The molecule has 124 valence electrons. The Bertz CT molecular complexity index is 781. The highest BCUT2D eigenvalue weighted by atomic mass is 16.5. The lowest BCUT2D eigenvalue weighted by atomic mass is 9.92. The van der Waals surface area contributed by atoms with Crippen LogP contribution in [0.3, 0.4) is 0 Å². The van der Waals surface area contributed by atoms with Crippen molar-refractivity contribution in [2.45, 2.75) is 12.3 Å². The number of methoxy groups -OCH3 is 1. The molecule has 24 heavy (non-hydrogen) atoms. The molecule has 0 radical (unpaired) electrons. The maximum absolute atomic E-state index is 12.6. The van der Waals surface area contributed by atoms with Gasteiger partial charge in [-0.2, -0.15) is 0 Å². The Morgan fingerprint density at radius 2 is 1.62 bits per heavy atom. The van der Waals surface area contributed by atoms with E-state index in [4.69, 9.17) is 9.84 Å². The molecular weight excluding hydrogens is 312 g/mol. The quantitative estimate of drug-likeness (QED) is 0.758. The molecule has 6 heteroatoms. The van der Waals surface area contributed by atoms with Gasteiger partial charge in [-0.3, -0.25) is 14.4 Å². The number of carbonyl (C=O) groups is 3. The van der Waals surface area contributed by atoms with Crippen LogP contribution < -0.4 is 4.74 Å². The van der Waals surface area contributed by atoms with E-state index >= 15 is 0 Å². The summed E-state index contributed by atoms with van der Waals surface area (Å²) in [6, 6.07) is 12.6. The molecule has 2 rings (SSSR count). The van der Waals surface area contributed by atoms with Crippen molar-refractivity contribution >= 4 is 17.7 Å². The molecule has 0 fully saturated rings. The fourth-order valence-electron chi connectivity index (χ4n) is 2.35. The normalized spacial score (nSPS) is 11.5. The van der Waals surface area contributed by atoms with Crippen molar-refractivity contribution < 1.29 is 29.3 Å². The van der Waals surface area contributed by atoms with E-state index in [0.29, 0.717) is 11.3 Å². The summed E-state index contributed by atoms with van der Waals surface area (Å²) in [5.74, 6) is -3.43. The molecule has 2 N–H and O–H groups in total. The highest BCUT2D eigenvalue weighted by Crippen LogP contribution is 2.23. The largest absolute Gasteiger partial charge is 0.497 e. The lowest BCUT2D eigenvalue weighted by molar-refractivity contribution is -0.145.